The van der Waals surface area contributed by atoms with Gasteiger partial charge in [0.15, 0.2) is 0 Å². The lowest BCUT2D eigenvalue weighted by molar-refractivity contribution is -0.132. The molecule has 0 bridgehead atoms. The van der Waals surface area contributed by atoms with Gasteiger partial charge in [-0.2, -0.15) is 0 Å². The predicted molar refractivity (Wildman–Crippen MR) is 91.8 cm³/mol. The Labute approximate surface area is 139 Å². The van der Waals surface area contributed by atoms with Gasteiger partial charge in [-0.05, 0) is 52.3 Å². The van der Waals surface area contributed by atoms with Gasteiger partial charge in [0.1, 0.15) is 5.75 Å². The minimum Gasteiger partial charge on any atom is -0.496 e. The summed E-state index contributed by atoms with van der Waals surface area (Å²) in [6, 6.07) is 7.00. The molecular weight excluding hydrogens is 288 g/mol. The summed E-state index contributed by atoms with van der Waals surface area (Å²) in [4.78, 5) is 17.5. The predicted octanol–water partition coefficient (Wildman–Crippen LogP) is 2.63. The molecule has 4 heteroatoms. The molecular formula is C19H28N2O2. The molecule has 0 aliphatic carbocycles. The Morgan fingerprint density at radius 2 is 1.96 bits per heavy atom. The van der Waals surface area contributed by atoms with E-state index in [0.29, 0.717) is 18.5 Å². The molecule has 2 aliphatic heterocycles. The number of hydrogen-bond acceptors (Lipinski definition) is 3. The number of hydrogen-bond donors (Lipinski definition) is 0. The van der Waals surface area contributed by atoms with E-state index in [1.807, 2.05) is 12.1 Å². The van der Waals surface area contributed by atoms with Gasteiger partial charge in [-0.15, -0.1) is 0 Å². The van der Waals surface area contributed by atoms with Gasteiger partial charge in [0.05, 0.1) is 13.5 Å². The van der Waals surface area contributed by atoms with Crippen LogP contribution in [0.5, 0.6) is 5.75 Å². The van der Waals surface area contributed by atoms with Crippen LogP contribution >= 0.6 is 0 Å². The van der Waals surface area contributed by atoms with Crippen molar-refractivity contribution in [1.82, 2.24) is 9.80 Å². The minimum atomic E-state index is 0.247. The van der Waals surface area contributed by atoms with Crippen LogP contribution in [0.3, 0.4) is 0 Å². The molecule has 0 saturated carbocycles. The fourth-order valence-corrected chi connectivity index (χ4v) is 4.23. The first-order valence-electron chi connectivity index (χ1n) is 8.73. The summed E-state index contributed by atoms with van der Waals surface area (Å²) in [6.45, 7) is 4.12. The van der Waals surface area contributed by atoms with E-state index in [0.717, 1.165) is 37.2 Å². The fraction of sp³-hybridized carbons (Fsp3) is 0.632. The van der Waals surface area contributed by atoms with Gasteiger partial charge in [0.2, 0.25) is 5.91 Å². The highest BCUT2D eigenvalue weighted by Crippen LogP contribution is 2.30. The first-order valence-corrected chi connectivity index (χ1v) is 8.73. The maximum absolute atomic E-state index is 12.9. The second kappa shape index (κ2) is 6.91. The van der Waals surface area contributed by atoms with Gasteiger partial charge in [0, 0.05) is 24.2 Å². The third-order valence-electron chi connectivity index (χ3n) is 5.42. The minimum absolute atomic E-state index is 0.247. The molecule has 4 nitrogen and oxygen atoms in total. The third-order valence-corrected chi connectivity index (χ3v) is 5.42. The highest BCUT2D eigenvalue weighted by atomic mass is 16.5. The second-order valence-corrected chi connectivity index (χ2v) is 6.98. The molecule has 2 atom stereocenters. The summed E-state index contributed by atoms with van der Waals surface area (Å²) in [5, 5.41) is 0. The van der Waals surface area contributed by atoms with E-state index in [9.17, 15) is 4.79 Å². The van der Waals surface area contributed by atoms with Crippen molar-refractivity contribution in [2.24, 2.45) is 0 Å². The van der Waals surface area contributed by atoms with Crippen LogP contribution in [0.25, 0.3) is 0 Å². The second-order valence-electron chi connectivity index (χ2n) is 6.98. The molecule has 0 aromatic heterocycles. The standard InChI is InChI=1S/C19H28N2O2/c1-14-8-9-18(23-3)15(12-14)13-19(22)21-11-5-7-17(21)16-6-4-10-20(16)2/h8-9,12,16-17H,4-7,10-11,13H2,1-3H3/t16-,17-/m0/s1. The van der Waals surface area contributed by atoms with E-state index in [2.05, 4.69) is 29.8 Å². The maximum atomic E-state index is 12.9. The van der Waals surface area contributed by atoms with Crippen molar-refractivity contribution in [3.05, 3.63) is 29.3 Å². The number of amides is 1. The average molecular weight is 316 g/mol. The Balaban J connectivity index is 1.73. The quantitative estimate of drug-likeness (QED) is 0.856. The summed E-state index contributed by atoms with van der Waals surface area (Å²) < 4.78 is 5.43. The normalized spacial score (nSPS) is 25.1. The van der Waals surface area contributed by atoms with E-state index in [1.165, 1.54) is 18.4 Å². The molecule has 126 valence electrons. The molecule has 1 aromatic carbocycles. The Morgan fingerprint density at radius 1 is 1.22 bits per heavy atom. The summed E-state index contributed by atoms with van der Waals surface area (Å²) in [6.07, 6.45) is 5.19. The number of ether oxygens (including phenoxy) is 1. The van der Waals surface area contributed by atoms with E-state index in [1.54, 1.807) is 7.11 Å². The van der Waals surface area contributed by atoms with Crippen LogP contribution in [-0.4, -0.2) is 55.0 Å². The molecule has 0 unspecified atom stereocenters. The Kier molecular flexibility index (Phi) is 4.90. The van der Waals surface area contributed by atoms with Gasteiger partial charge in [-0.25, -0.2) is 0 Å². The molecule has 0 N–H and O–H groups in total. The van der Waals surface area contributed by atoms with Crippen molar-refractivity contribution in [1.29, 1.82) is 0 Å². The lowest BCUT2D eigenvalue weighted by Gasteiger charge is -2.33. The van der Waals surface area contributed by atoms with Crippen molar-refractivity contribution in [3.8, 4) is 5.75 Å². The molecule has 1 aromatic rings. The van der Waals surface area contributed by atoms with Gasteiger partial charge in [-0.1, -0.05) is 17.7 Å². The van der Waals surface area contributed by atoms with E-state index in [4.69, 9.17) is 4.74 Å². The number of benzene rings is 1. The summed E-state index contributed by atoms with van der Waals surface area (Å²) in [5.74, 6) is 1.06. The van der Waals surface area contributed by atoms with Crippen LogP contribution < -0.4 is 4.74 Å². The molecule has 2 saturated heterocycles. The lowest BCUT2D eigenvalue weighted by atomic mass is 10.0. The van der Waals surface area contributed by atoms with Crippen LogP contribution in [0.1, 0.15) is 36.8 Å². The van der Waals surface area contributed by atoms with Crippen LogP contribution in [0, 0.1) is 6.92 Å². The van der Waals surface area contributed by atoms with Crippen LogP contribution in [0.15, 0.2) is 18.2 Å². The Bertz CT molecular complexity index is 572. The summed E-state index contributed by atoms with van der Waals surface area (Å²) in [7, 11) is 3.87. The smallest absolute Gasteiger partial charge is 0.227 e. The van der Waals surface area contributed by atoms with E-state index >= 15 is 0 Å². The first-order chi connectivity index (χ1) is 11.1. The number of carbonyl (C=O) groups is 1. The maximum Gasteiger partial charge on any atom is 0.227 e. The van der Waals surface area contributed by atoms with Crippen molar-refractivity contribution in [2.75, 3.05) is 27.2 Å². The van der Waals surface area contributed by atoms with E-state index in [-0.39, 0.29) is 5.91 Å². The number of likely N-dealkylation sites (N-methyl/N-ethyl adjacent to an activating group) is 1. The molecule has 1 amide bonds. The van der Waals surface area contributed by atoms with Crippen LogP contribution in [-0.2, 0) is 11.2 Å². The van der Waals surface area contributed by atoms with Crippen molar-refractivity contribution >= 4 is 5.91 Å². The molecule has 2 fully saturated rings. The van der Waals surface area contributed by atoms with Gasteiger partial charge >= 0.3 is 0 Å². The zero-order valence-electron chi connectivity index (χ0n) is 14.5. The zero-order chi connectivity index (χ0) is 16.4. The largest absolute Gasteiger partial charge is 0.496 e. The molecule has 0 radical (unpaired) electrons. The van der Waals surface area contributed by atoms with Gasteiger partial charge < -0.3 is 14.5 Å². The number of carbonyl (C=O) groups excluding carboxylic acids is 1. The van der Waals surface area contributed by atoms with E-state index < -0.39 is 0 Å². The van der Waals surface area contributed by atoms with Crippen molar-refractivity contribution in [3.63, 3.8) is 0 Å². The highest BCUT2D eigenvalue weighted by molar-refractivity contribution is 5.80. The fourth-order valence-electron chi connectivity index (χ4n) is 4.23. The topological polar surface area (TPSA) is 32.8 Å². The SMILES string of the molecule is COc1ccc(C)cc1CC(=O)N1CCC[C@H]1[C@@H]1CCCN1C. The van der Waals surface area contributed by atoms with Gasteiger partial charge in [-0.3, -0.25) is 4.79 Å². The van der Waals surface area contributed by atoms with Crippen molar-refractivity contribution < 1.29 is 9.53 Å². The van der Waals surface area contributed by atoms with Crippen LogP contribution in [0.2, 0.25) is 0 Å². The van der Waals surface area contributed by atoms with Gasteiger partial charge in [0.25, 0.3) is 0 Å². The molecule has 23 heavy (non-hydrogen) atoms. The monoisotopic (exact) mass is 316 g/mol. The third kappa shape index (κ3) is 3.37. The molecule has 2 heterocycles. The number of likely N-dealkylation sites (tertiary alicyclic amines) is 2. The van der Waals surface area contributed by atoms with Crippen molar-refractivity contribution in [2.45, 2.75) is 51.1 Å². The first kappa shape index (κ1) is 16.3. The molecule has 0 spiro atoms. The molecule has 3 rings (SSSR count). The zero-order valence-corrected chi connectivity index (χ0v) is 14.5. The number of aryl methyl sites for hydroxylation is 1. The Hall–Kier alpha value is -1.55. The number of rotatable bonds is 4. The lowest BCUT2D eigenvalue weighted by Crippen LogP contribution is -2.47. The molecule has 2 aliphatic rings. The summed E-state index contributed by atoms with van der Waals surface area (Å²) >= 11 is 0. The Morgan fingerprint density at radius 3 is 2.65 bits per heavy atom. The highest BCUT2D eigenvalue weighted by Gasteiger charge is 2.38. The summed E-state index contributed by atoms with van der Waals surface area (Å²) in [5.41, 5.74) is 2.17. The average Bonchev–Trinajstić information content (AvgIpc) is 3.15. The number of nitrogens with zero attached hydrogens (tertiary/aromatic N) is 2. The van der Waals surface area contributed by atoms with Crippen LogP contribution in [0.4, 0.5) is 0 Å². The number of methoxy groups -OCH3 is 1.